The molecule has 2 aromatic rings. The van der Waals surface area contributed by atoms with Crippen molar-refractivity contribution in [3.05, 3.63) is 53.6 Å². The highest BCUT2D eigenvalue weighted by Gasteiger charge is 2.26. The maximum Gasteiger partial charge on any atom is 0.312 e. The number of amides is 3. The number of nitrogens with two attached hydrogens (primary N) is 1. The van der Waals surface area contributed by atoms with Gasteiger partial charge in [0.2, 0.25) is 5.91 Å². The van der Waals surface area contributed by atoms with Crippen molar-refractivity contribution >= 4 is 17.6 Å². The van der Waals surface area contributed by atoms with Gasteiger partial charge in [-0.15, -0.1) is 0 Å². The Hall–Kier alpha value is -2.82. The molecule has 0 saturated carbocycles. The van der Waals surface area contributed by atoms with Crippen molar-refractivity contribution < 1.29 is 9.59 Å². The lowest BCUT2D eigenvalue weighted by Crippen LogP contribution is -2.49. The van der Waals surface area contributed by atoms with Crippen molar-refractivity contribution in [3.8, 4) is 11.1 Å². The zero-order chi connectivity index (χ0) is 18.0. The normalized spacial score (nSPS) is 14.2. The summed E-state index contributed by atoms with van der Waals surface area (Å²) in [7, 11) is 0. The van der Waals surface area contributed by atoms with E-state index in [0.717, 1.165) is 18.5 Å². The predicted octanol–water partition coefficient (Wildman–Crippen LogP) is 3.28. The van der Waals surface area contributed by atoms with Crippen LogP contribution in [0.5, 0.6) is 0 Å². The van der Waals surface area contributed by atoms with E-state index in [2.05, 4.69) is 22.8 Å². The molecule has 5 heteroatoms. The molecule has 1 aliphatic carbocycles. The van der Waals surface area contributed by atoms with Crippen molar-refractivity contribution in [2.24, 2.45) is 11.7 Å². The maximum absolute atomic E-state index is 12.6. The molecule has 0 heterocycles. The smallest absolute Gasteiger partial charge is 0.312 e. The van der Waals surface area contributed by atoms with Crippen LogP contribution in [0.4, 0.5) is 10.5 Å². The third-order valence-electron chi connectivity index (χ3n) is 4.85. The van der Waals surface area contributed by atoms with Gasteiger partial charge >= 0.3 is 6.03 Å². The molecule has 4 N–H and O–H groups in total. The monoisotopic (exact) mass is 337 g/mol. The van der Waals surface area contributed by atoms with Crippen LogP contribution in [-0.2, 0) is 11.2 Å². The van der Waals surface area contributed by atoms with Crippen LogP contribution < -0.4 is 16.4 Å². The zero-order valence-corrected chi connectivity index (χ0v) is 14.5. The van der Waals surface area contributed by atoms with Crippen LogP contribution in [0.1, 0.15) is 31.4 Å². The minimum atomic E-state index is -0.690. The minimum absolute atomic E-state index is 0.00816. The second-order valence-corrected chi connectivity index (χ2v) is 6.57. The Morgan fingerprint density at radius 2 is 1.84 bits per heavy atom. The topological polar surface area (TPSA) is 84.2 Å². The molecule has 25 heavy (non-hydrogen) atoms. The summed E-state index contributed by atoms with van der Waals surface area (Å²) in [5, 5.41) is 5.45. The summed E-state index contributed by atoms with van der Waals surface area (Å²) >= 11 is 0. The van der Waals surface area contributed by atoms with Crippen LogP contribution in [0.3, 0.4) is 0 Å². The van der Waals surface area contributed by atoms with Crippen molar-refractivity contribution in [2.45, 2.75) is 32.7 Å². The summed E-state index contributed by atoms with van der Waals surface area (Å²) in [6, 6.07) is 12.9. The van der Waals surface area contributed by atoms with Gasteiger partial charge in [0.1, 0.15) is 6.04 Å². The van der Waals surface area contributed by atoms with Gasteiger partial charge in [0.15, 0.2) is 0 Å². The number of nitrogens with one attached hydrogen (secondary N) is 2. The fourth-order valence-corrected chi connectivity index (χ4v) is 3.30. The zero-order valence-electron chi connectivity index (χ0n) is 14.5. The van der Waals surface area contributed by atoms with Crippen molar-refractivity contribution in [1.82, 2.24) is 5.32 Å². The Morgan fingerprint density at radius 3 is 2.56 bits per heavy atom. The number of primary amides is 1. The first-order valence-electron chi connectivity index (χ1n) is 8.57. The number of carbonyl (C=O) groups excluding carboxylic acids is 2. The molecule has 0 fully saturated rings. The molecule has 0 radical (unpaired) electrons. The average Bonchev–Trinajstić information content (AvgIpc) is 2.96. The fraction of sp³-hybridized carbons (Fsp3) is 0.300. The maximum atomic E-state index is 12.6. The van der Waals surface area contributed by atoms with Crippen LogP contribution in [0.2, 0.25) is 0 Å². The summed E-state index contributed by atoms with van der Waals surface area (Å²) in [4.78, 5) is 23.8. The SMILES string of the molecule is CC[C@H](C)[C@@H](NC(N)=O)C(=O)Nc1ccc2c(c1)Cc1ccccc1-2. The summed E-state index contributed by atoms with van der Waals surface area (Å²) in [6.45, 7) is 3.89. The molecule has 3 amide bonds. The number of carbonyl (C=O) groups is 2. The summed E-state index contributed by atoms with van der Waals surface area (Å²) < 4.78 is 0. The largest absolute Gasteiger partial charge is 0.352 e. The molecule has 0 spiro atoms. The molecule has 2 atom stereocenters. The molecule has 5 nitrogen and oxygen atoms in total. The van der Waals surface area contributed by atoms with E-state index < -0.39 is 12.1 Å². The minimum Gasteiger partial charge on any atom is -0.352 e. The van der Waals surface area contributed by atoms with Crippen LogP contribution in [0, 0.1) is 5.92 Å². The number of anilines is 1. The average molecular weight is 337 g/mol. The summed E-state index contributed by atoms with van der Waals surface area (Å²) in [5.74, 6) is -0.255. The highest BCUT2D eigenvalue weighted by Crippen LogP contribution is 2.37. The van der Waals surface area contributed by atoms with E-state index in [9.17, 15) is 9.59 Å². The predicted molar refractivity (Wildman–Crippen MR) is 99.3 cm³/mol. The van der Waals surface area contributed by atoms with Crippen molar-refractivity contribution in [2.75, 3.05) is 5.32 Å². The van der Waals surface area contributed by atoms with Gasteiger partial charge in [-0.25, -0.2) is 4.79 Å². The fourth-order valence-electron chi connectivity index (χ4n) is 3.30. The first kappa shape index (κ1) is 17.0. The third-order valence-corrected chi connectivity index (χ3v) is 4.85. The highest BCUT2D eigenvalue weighted by molar-refractivity contribution is 5.97. The molecule has 3 rings (SSSR count). The molecule has 130 valence electrons. The van der Waals surface area contributed by atoms with Gasteiger partial charge in [-0.05, 0) is 46.7 Å². The molecule has 0 aromatic heterocycles. The van der Waals surface area contributed by atoms with Crippen LogP contribution in [0.15, 0.2) is 42.5 Å². The van der Waals surface area contributed by atoms with Gasteiger partial charge in [-0.3, -0.25) is 4.79 Å². The lowest BCUT2D eigenvalue weighted by molar-refractivity contribution is -0.119. The van der Waals surface area contributed by atoms with Crippen LogP contribution >= 0.6 is 0 Å². The van der Waals surface area contributed by atoms with Gasteiger partial charge < -0.3 is 16.4 Å². The van der Waals surface area contributed by atoms with E-state index in [1.165, 1.54) is 22.3 Å². The van der Waals surface area contributed by atoms with Gasteiger partial charge in [-0.2, -0.15) is 0 Å². The molecular formula is C20H23N3O2. The van der Waals surface area contributed by atoms with Gasteiger partial charge in [0.05, 0.1) is 0 Å². The Bertz CT molecular complexity index is 816. The number of benzene rings is 2. The van der Waals surface area contributed by atoms with E-state index in [-0.39, 0.29) is 11.8 Å². The molecular weight excluding hydrogens is 314 g/mol. The standard InChI is InChI=1S/C20H23N3O2/c1-3-12(2)18(23-20(21)25)19(24)22-15-8-9-17-14(11-15)10-13-6-4-5-7-16(13)17/h4-9,11-12,18H,3,10H2,1-2H3,(H,22,24)(H3,21,23,25)/t12-,18+/m0/s1. The lowest BCUT2D eigenvalue weighted by Gasteiger charge is -2.22. The first-order chi connectivity index (χ1) is 12.0. The lowest BCUT2D eigenvalue weighted by atomic mass is 9.98. The second kappa shape index (κ2) is 6.97. The van der Waals surface area contributed by atoms with E-state index in [4.69, 9.17) is 5.73 Å². The highest BCUT2D eigenvalue weighted by atomic mass is 16.2. The number of fused-ring (bicyclic) bond motifs is 3. The molecule has 0 bridgehead atoms. The third kappa shape index (κ3) is 3.50. The molecule has 0 aliphatic heterocycles. The van der Waals surface area contributed by atoms with Crippen LogP contribution in [0.25, 0.3) is 11.1 Å². The van der Waals surface area contributed by atoms with E-state index in [1.807, 2.05) is 44.2 Å². The molecule has 0 unspecified atom stereocenters. The summed E-state index contributed by atoms with van der Waals surface area (Å²) in [5.41, 5.74) is 10.9. The van der Waals surface area contributed by atoms with Gasteiger partial charge in [0.25, 0.3) is 0 Å². The Labute approximate surface area is 147 Å². The Kier molecular flexibility index (Phi) is 4.74. The number of hydrogen-bond donors (Lipinski definition) is 3. The quantitative estimate of drug-likeness (QED) is 0.667. The Morgan fingerprint density at radius 1 is 1.12 bits per heavy atom. The Balaban J connectivity index is 1.78. The van der Waals surface area contributed by atoms with Crippen LogP contribution in [-0.4, -0.2) is 18.0 Å². The van der Waals surface area contributed by atoms with Gasteiger partial charge in [-0.1, -0.05) is 50.6 Å². The number of rotatable bonds is 5. The number of hydrogen-bond acceptors (Lipinski definition) is 2. The van der Waals surface area contributed by atoms with Crippen molar-refractivity contribution in [1.29, 1.82) is 0 Å². The first-order valence-corrected chi connectivity index (χ1v) is 8.57. The summed E-state index contributed by atoms with van der Waals surface area (Å²) in [6.07, 6.45) is 1.63. The van der Waals surface area contributed by atoms with E-state index in [0.29, 0.717) is 0 Å². The van der Waals surface area contributed by atoms with Crippen molar-refractivity contribution in [3.63, 3.8) is 0 Å². The molecule has 2 aromatic carbocycles. The molecule has 0 saturated heterocycles. The van der Waals surface area contributed by atoms with Gasteiger partial charge in [0, 0.05) is 5.69 Å². The van der Waals surface area contributed by atoms with E-state index >= 15 is 0 Å². The number of urea groups is 1. The van der Waals surface area contributed by atoms with E-state index in [1.54, 1.807) is 0 Å². The molecule has 1 aliphatic rings. The second-order valence-electron chi connectivity index (χ2n) is 6.57.